The molecule has 30 heavy (non-hydrogen) atoms. The summed E-state index contributed by atoms with van der Waals surface area (Å²) in [6.45, 7) is 0. The Kier molecular flexibility index (Phi) is 5.40. The number of nitrogens with zero attached hydrogens (tertiary/aromatic N) is 2. The molecule has 2 aromatic carbocycles. The van der Waals surface area contributed by atoms with Gasteiger partial charge in [-0.3, -0.25) is 4.79 Å². The van der Waals surface area contributed by atoms with Gasteiger partial charge in [0, 0.05) is 17.7 Å². The third kappa shape index (κ3) is 3.74. The molecule has 2 aromatic rings. The van der Waals surface area contributed by atoms with Crippen molar-refractivity contribution in [2.45, 2.75) is 50.4 Å². The van der Waals surface area contributed by atoms with E-state index in [1.54, 1.807) is 12.1 Å². The van der Waals surface area contributed by atoms with Crippen molar-refractivity contribution >= 4 is 11.6 Å². The molecule has 7 heteroatoms. The zero-order valence-electron chi connectivity index (χ0n) is 16.4. The van der Waals surface area contributed by atoms with Gasteiger partial charge in [0.15, 0.2) is 0 Å². The standard InChI is InChI=1S/C23H23F3N2O2/c24-23(25,26)22(30)15-20(18-9-5-2-6-10-18)27-28(22)21(29)19-13-11-17(12-14-19)16-7-3-1-4-8-16/h1,3-4,7-8,11-14,18,30H,2,5-6,9-10,15H2/t22-/m1/s1. The number of rotatable bonds is 3. The number of benzene rings is 2. The molecule has 2 aliphatic rings. The summed E-state index contributed by atoms with van der Waals surface area (Å²) in [6, 6.07) is 15.7. The highest BCUT2D eigenvalue weighted by molar-refractivity contribution is 5.99. The molecule has 1 saturated carbocycles. The van der Waals surface area contributed by atoms with Crippen LogP contribution in [-0.4, -0.2) is 33.6 Å². The van der Waals surface area contributed by atoms with Crippen molar-refractivity contribution in [2.75, 3.05) is 0 Å². The SMILES string of the molecule is O=C(c1ccc(-c2ccccc2)cc1)N1N=C(C2CCCCC2)C[C@@]1(O)C(F)(F)F. The molecular formula is C23H23F3N2O2. The molecule has 0 unspecified atom stereocenters. The number of amides is 1. The Morgan fingerprint density at radius 3 is 2.17 bits per heavy atom. The number of aliphatic hydroxyl groups is 1. The summed E-state index contributed by atoms with van der Waals surface area (Å²) < 4.78 is 41.3. The summed E-state index contributed by atoms with van der Waals surface area (Å²) in [4.78, 5) is 12.9. The van der Waals surface area contributed by atoms with Crippen LogP contribution in [0.5, 0.6) is 0 Å². The number of carbonyl (C=O) groups is 1. The molecule has 158 valence electrons. The van der Waals surface area contributed by atoms with Crippen molar-refractivity contribution in [2.24, 2.45) is 11.0 Å². The first-order valence-corrected chi connectivity index (χ1v) is 10.2. The van der Waals surface area contributed by atoms with Gasteiger partial charge in [0.25, 0.3) is 11.6 Å². The Balaban J connectivity index is 1.63. The Bertz CT molecular complexity index is 935. The molecule has 1 fully saturated rings. The molecule has 1 aliphatic carbocycles. The fourth-order valence-electron chi connectivity index (χ4n) is 4.23. The van der Waals surface area contributed by atoms with Crippen LogP contribution in [0.15, 0.2) is 59.7 Å². The van der Waals surface area contributed by atoms with Gasteiger partial charge in [-0.15, -0.1) is 0 Å². The molecule has 4 rings (SSSR count). The van der Waals surface area contributed by atoms with Gasteiger partial charge in [-0.25, -0.2) is 0 Å². The molecule has 0 aromatic heterocycles. The van der Waals surface area contributed by atoms with E-state index >= 15 is 0 Å². The van der Waals surface area contributed by atoms with Crippen LogP contribution in [0.4, 0.5) is 13.2 Å². The second kappa shape index (κ2) is 7.87. The zero-order valence-corrected chi connectivity index (χ0v) is 16.4. The Morgan fingerprint density at radius 2 is 1.57 bits per heavy atom. The fourth-order valence-corrected chi connectivity index (χ4v) is 4.23. The molecule has 0 spiro atoms. The minimum Gasteiger partial charge on any atom is -0.362 e. The van der Waals surface area contributed by atoms with Crippen LogP contribution in [-0.2, 0) is 0 Å². The van der Waals surface area contributed by atoms with E-state index in [-0.39, 0.29) is 22.2 Å². The highest BCUT2D eigenvalue weighted by Crippen LogP contribution is 2.43. The van der Waals surface area contributed by atoms with Crippen LogP contribution in [0, 0.1) is 5.92 Å². The van der Waals surface area contributed by atoms with E-state index in [1.165, 1.54) is 12.1 Å². The fraction of sp³-hybridized carbons (Fsp3) is 0.391. The molecule has 1 aliphatic heterocycles. The van der Waals surface area contributed by atoms with Gasteiger partial charge < -0.3 is 5.11 Å². The van der Waals surface area contributed by atoms with E-state index in [4.69, 9.17) is 0 Å². The average Bonchev–Trinajstić information content (AvgIpc) is 3.13. The predicted molar refractivity (Wildman–Crippen MR) is 108 cm³/mol. The highest BCUT2D eigenvalue weighted by atomic mass is 19.4. The van der Waals surface area contributed by atoms with E-state index in [0.29, 0.717) is 0 Å². The lowest BCUT2D eigenvalue weighted by Crippen LogP contribution is -2.56. The summed E-state index contributed by atoms with van der Waals surface area (Å²) in [5.41, 5.74) is -1.22. The van der Waals surface area contributed by atoms with Crippen molar-refractivity contribution in [3.63, 3.8) is 0 Å². The normalized spacial score (nSPS) is 22.8. The van der Waals surface area contributed by atoms with Gasteiger partial charge >= 0.3 is 6.18 Å². The van der Waals surface area contributed by atoms with Crippen LogP contribution in [0.25, 0.3) is 11.1 Å². The first-order valence-electron chi connectivity index (χ1n) is 10.2. The maximum Gasteiger partial charge on any atom is 0.438 e. The maximum absolute atomic E-state index is 13.8. The van der Waals surface area contributed by atoms with Crippen molar-refractivity contribution in [1.82, 2.24) is 5.01 Å². The quantitative estimate of drug-likeness (QED) is 0.730. The number of hydrazone groups is 1. The first-order chi connectivity index (χ1) is 14.3. The maximum atomic E-state index is 13.8. The largest absolute Gasteiger partial charge is 0.438 e. The number of hydrogen-bond acceptors (Lipinski definition) is 3. The van der Waals surface area contributed by atoms with Crippen molar-refractivity contribution in [3.8, 4) is 11.1 Å². The summed E-state index contributed by atoms with van der Waals surface area (Å²) in [7, 11) is 0. The third-order valence-corrected chi connectivity index (χ3v) is 5.97. The lowest BCUT2D eigenvalue weighted by atomic mass is 9.83. The summed E-state index contributed by atoms with van der Waals surface area (Å²) >= 11 is 0. The minimum atomic E-state index is -5.01. The molecular weight excluding hydrogens is 393 g/mol. The van der Waals surface area contributed by atoms with Gasteiger partial charge in [0.05, 0.1) is 0 Å². The second-order valence-electron chi connectivity index (χ2n) is 7.98. The number of alkyl halides is 3. The molecule has 0 radical (unpaired) electrons. The summed E-state index contributed by atoms with van der Waals surface area (Å²) in [6.07, 6.45) is -1.33. The summed E-state index contributed by atoms with van der Waals surface area (Å²) in [5, 5.41) is 14.8. The highest BCUT2D eigenvalue weighted by Gasteiger charge is 2.63. The van der Waals surface area contributed by atoms with Crippen molar-refractivity contribution in [3.05, 3.63) is 60.2 Å². The number of halogens is 3. The molecule has 1 atom stereocenters. The van der Waals surface area contributed by atoms with Gasteiger partial charge in [0.1, 0.15) is 0 Å². The number of carbonyl (C=O) groups excluding carboxylic acids is 1. The van der Waals surface area contributed by atoms with E-state index in [9.17, 15) is 23.1 Å². The van der Waals surface area contributed by atoms with E-state index in [2.05, 4.69) is 5.10 Å². The Morgan fingerprint density at radius 1 is 0.967 bits per heavy atom. The van der Waals surface area contributed by atoms with Crippen LogP contribution in [0.1, 0.15) is 48.9 Å². The third-order valence-electron chi connectivity index (χ3n) is 5.97. The monoisotopic (exact) mass is 416 g/mol. The van der Waals surface area contributed by atoms with Crippen LogP contribution < -0.4 is 0 Å². The van der Waals surface area contributed by atoms with Gasteiger partial charge in [0.2, 0.25) is 0 Å². The van der Waals surface area contributed by atoms with E-state index in [1.807, 2.05) is 30.3 Å². The second-order valence-corrected chi connectivity index (χ2v) is 7.98. The Hall–Kier alpha value is -2.67. The van der Waals surface area contributed by atoms with Crippen molar-refractivity contribution in [1.29, 1.82) is 0 Å². The molecule has 1 amide bonds. The minimum absolute atomic E-state index is 0.0472. The molecule has 1 heterocycles. The van der Waals surface area contributed by atoms with Crippen LogP contribution in [0.3, 0.4) is 0 Å². The molecule has 4 nitrogen and oxygen atoms in total. The molecule has 0 bridgehead atoms. The predicted octanol–water partition coefficient (Wildman–Crippen LogP) is 5.39. The zero-order chi connectivity index (χ0) is 21.4. The lowest BCUT2D eigenvalue weighted by molar-refractivity contribution is -0.297. The Labute approximate surface area is 173 Å². The summed E-state index contributed by atoms with van der Waals surface area (Å²) in [5.74, 6) is -1.08. The topological polar surface area (TPSA) is 52.9 Å². The average molecular weight is 416 g/mol. The molecule has 0 saturated heterocycles. The first kappa shape index (κ1) is 20.6. The van der Waals surface area contributed by atoms with Crippen LogP contribution in [0.2, 0.25) is 0 Å². The smallest absolute Gasteiger partial charge is 0.362 e. The number of hydrogen-bond donors (Lipinski definition) is 1. The molecule has 1 N–H and O–H groups in total. The lowest BCUT2D eigenvalue weighted by Gasteiger charge is -2.32. The van der Waals surface area contributed by atoms with E-state index < -0.39 is 24.2 Å². The van der Waals surface area contributed by atoms with E-state index in [0.717, 1.165) is 43.2 Å². The van der Waals surface area contributed by atoms with Crippen LogP contribution >= 0.6 is 0 Å². The van der Waals surface area contributed by atoms with Gasteiger partial charge in [-0.05, 0) is 42.0 Å². The van der Waals surface area contributed by atoms with Gasteiger partial charge in [-0.2, -0.15) is 23.3 Å². The van der Waals surface area contributed by atoms with Crippen molar-refractivity contribution < 1.29 is 23.1 Å². The van der Waals surface area contributed by atoms with Gasteiger partial charge in [-0.1, -0.05) is 61.7 Å².